The second-order valence-electron chi connectivity index (χ2n) is 10.3. The lowest BCUT2D eigenvalue weighted by Crippen LogP contribution is -2.52. The Kier molecular flexibility index (Phi) is 6.37. The number of halogens is 3. The summed E-state index contributed by atoms with van der Waals surface area (Å²) in [6.07, 6.45) is 5.03. The van der Waals surface area contributed by atoms with Crippen LogP contribution >= 0.6 is 0 Å². The van der Waals surface area contributed by atoms with Crippen molar-refractivity contribution in [2.75, 3.05) is 24.5 Å². The summed E-state index contributed by atoms with van der Waals surface area (Å²) in [5.41, 5.74) is 4.04. The summed E-state index contributed by atoms with van der Waals surface area (Å²) in [5, 5.41) is 0. The normalized spacial score (nSPS) is 19.9. The number of anilines is 1. The van der Waals surface area contributed by atoms with Crippen LogP contribution in [0.3, 0.4) is 0 Å². The van der Waals surface area contributed by atoms with Crippen molar-refractivity contribution in [3.05, 3.63) is 78.0 Å². The lowest BCUT2D eigenvalue weighted by molar-refractivity contribution is 0.102. The van der Waals surface area contributed by atoms with Gasteiger partial charge in [-0.3, -0.25) is 0 Å². The summed E-state index contributed by atoms with van der Waals surface area (Å²) in [6.45, 7) is 1.95. The molecule has 2 amide bonds. The van der Waals surface area contributed by atoms with E-state index >= 15 is 0 Å². The highest BCUT2D eigenvalue weighted by atomic mass is 19.3. The number of likely N-dealkylation sites (tertiary alicyclic amines) is 1. The van der Waals surface area contributed by atoms with Crippen molar-refractivity contribution in [3.8, 4) is 11.3 Å². The SMILES string of the molecule is CC1=CC(C2CCN(C(=O)N3CCn4c(-c5cccc(F)c5)cnc4C3)CC2)N(C(F)F)c2ccccc21. The number of imidazole rings is 1. The molecule has 0 radical (unpaired) electrons. The van der Waals surface area contributed by atoms with Crippen LogP contribution in [0.4, 0.5) is 23.7 Å². The molecule has 9 heteroatoms. The zero-order chi connectivity index (χ0) is 26.4. The number of fused-ring (bicyclic) bond motifs is 2. The first-order chi connectivity index (χ1) is 18.4. The lowest BCUT2D eigenvalue weighted by atomic mass is 9.84. The molecule has 2 aromatic carbocycles. The summed E-state index contributed by atoms with van der Waals surface area (Å²) >= 11 is 0. The van der Waals surface area contributed by atoms with Crippen LogP contribution in [-0.2, 0) is 13.1 Å². The smallest absolute Gasteiger partial charge is 0.320 e. The molecule has 1 unspecified atom stereocenters. The molecule has 4 heterocycles. The van der Waals surface area contributed by atoms with Crippen LogP contribution in [0.25, 0.3) is 16.8 Å². The maximum atomic E-state index is 14.2. The van der Waals surface area contributed by atoms with Crippen LogP contribution in [-0.4, -0.2) is 57.6 Å². The Balaban J connectivity index is 1.12. The highest BCUT2D eigenvalue weighted by Crippen LogP contribution is 2.40. The number of para-hydroxylation sites is 1. The molecule has 198 valence electrons. The number of benzene rings is 2. The van der Waals surface area contributed by atoms with Gasteiger partial charge < -0.3 is 19.3 Å². The third-order valence-electron chi connectivity index (χ3n) is 8.11. The summed E-state index contributed by atoms with van der Waals surface area (Å²) in [6, 6.07) is 13.3. The van der Waals surface area contributed by atoms with Crippen LogP contribution in [0.5, 0.6) is 0 Å². The van der Waals surface area contributed by atoms with Crippen molar-refractivity contribution < 1.29 is 18.0 Å². The summed E-state index contributed by atoms with van der Waals surface area (Å²) in [7, 11) is 0. The molecular formula is C29H30F3N5O. The number of urea groups is 1. The third kappa shape index (κ3) is 4.33. The van der Waals surface area contributed by atoms with Crippen LogP contribution in [0, 0.1) is 11.7 Å². The average molecular weight is 522 g/mol. The average Bonchev–Trinajstić information content (AvgIpc) is 3.36. The van der Waals surface area contributed by atoms with Gasteiger partial charge in [0, 0.05) is 43.0 Å². The summed E-state index contributed by atoms with van der Waals surface area (Å²) < 4.78 is 44.2. The fourth-order valence-corrected chi connectivity index (χ4v) is 6.15. The van der Waals surface area contributed by atoms with E-state index in [1.807, 2.05) is 40.7 Å². The fraction of sp³-hybridized carbons (Fsp3) is 0.379. The second kappa shape index (κ2) is 9.85. The van der Waals surface area contributed by atoms with E-state index in [0.717, 1.165) is 28.2 Å². The molecule has 1 aromatic heterocycles. The van der Waals surface area contributed by atoms with Gasteiger partial charge in [0.15, 0.2) is 0 Å². The van der Waals surface area contributed by atoms with Crippen molar-refractivity contribution >= 4 is 17.3 Å². The van der Waals surface area contributed by atoms with E-state index in [1.165, 1.54) is 17.0 Å². The zero-order valence-electron chi connectivity index (χ0n) is 21.2. The topological polar surface area (TPSA) is 44.6 Å². The molecule has 3 aliphatic rings. The molecule has 3 aromatic rings. The molecular weight excluding hydrogens is 491 g/mol. The minimum Gasteiger partial charge on any atom is -0.325 e. The Morgan fingerprint density at radius 3 is 2.55 bits per heavy atom. The van der Waals surface area contributed by atoms with E-state index in [1.54, 1.807) is 29.3 Å². The van der Waals surface area contributed by atoms with Crippen molar-refractivity contribution in [1.82, 2.24) is 19.4 Å². The molecule has 0 N–H and O–H groups in total. The molecule has 0 spiro atoms. The van der Waals surface area contributed by atoms with Gasteiger partial charge in [0.1, 0.15) is 11.6 Å². The first-order valence-electron chi connectivity index (χ1n) is 13.1. The van der Waals surface area contributed by atoms with E-state index < -0.39 is 12.6 Å². The molecule has 6 nitrogen and oxygen atoms in total. The second-order valence-corrected chi connectivity index (χ2v) is 10.3. The number of carbonyl (C=O) groups is 1. The molecule has 1 fully saturated rings. The van der Waals surface area contributed by atoms with Crippen molar-refractivity contribution in [1.29, 1.82) is 0 Å². The van der Waals surface area contributed by atoms with E-state index in [0.29, 0.717) is 51.3 Å². The molecule has 1 atom stereocenters. The Hall–Kier alpha value is -3.75. The number of allylic oxidation sites excluding steroid dienone is 1. The van der Waals surface area contributed by atoms with Gasteiger partial charge in [0.05, 0.1) is 24.5 Å². The number of piperidine rings is 1. The minimum absolute atomic E-state index is 0.0328. The number of alkyl halides is 2. The molecule has 38 heavy (non-hydrogen) atoms. The quantitative estimate of drug-likeness (QED) is 0.406. The Morgan fingerprint density at radius 2 is 1.79 bits per heavy atom. The highest BCUT2D eigenvalue weighted by Gasteiger charge is 2.38. The van der Waals surface area contributed by atoms with Crippen LogP contribution in [0.1, 0.15) is 31.2 Å². The van der Waals surface area contributed by atoms with Crippen molar-refractivity contribution in [3.63, 3.8) is 0 Å². The number of hydrogen-bond donors (Lipinski definition) is 0. The van der Waals surface area contributed by atoms with Gasteiger partial charge >= 0.3 is 12.6 Å². The van der Waals surface area contributed by atoms with Crippen LogP contribution in [0.15, 0.2) is 60.8 Å². The van der Waals surface area contributed by atoms with E-state index in [2.05, 4.69) is 4.98 Å². The fourth-order valence-electron chi connectivity index (χ4n) is 6.15. The van der Waals surface area contributed by atoms with Gasteiger partial charge in [-0.15, -0.1) is 0 Å². The monoisotopic (exact) mass is 521 g/mol. The summed E-state index contributed by atoms with van der Waals surface area (Å²) in [4.78, 5) is 22.8. The minimum atomic E-state index is -2.60. The Morgan fingerprint density at radius 1 is 1.00 bits per heavy atom. The number of carbonyl (C=O) groups excluding carboxylic acids is 1. The number of nitrogens with zero attached hydrogens (tertiary/aromatic N) is 5. The molecule has 6 rings (SSSR count). The van der Waals surface area contributed by atoms with Gasteiger partial charge in [0.25, 0.3) is 0 Å². The molecule has 3 aliphatic heterocycles. The van der Waals surface area contributed by atoms with Gasteiger partial charge in [-0.2, -0.15) is 8.78 Å². The molecule has 0 bridgehead atoms. The number of amides is 2. The lowest BCUT2D eigenvalue weighted by Gasteiger charge is -2.44. The maximum absolute atomic E-state index is 14.2. The van der Waals surface area contributed by atoms with Crippen LogP contribution in [0.2, 0.25) is 0 Å². The number of hydrogen-bond acceptors (Lipinski definition) is 3. The van der Waals surface area contributed by atoms with E-state index in [-0.39, 0.29) is 17.8 Å². The van der Waals surface area contributed by atoms with Crippen molar-refractivity contribution in [2.24, 2.45) is 5.92 Å². The Labute approximate surface area is 220 Å². The maximum Gasteiger partial charge on any atom is 0.320 e. The first-order valence-corrected chi connectivity index (χ1v) is 13.1. The third-order valence-corrected chi connectivity index (χ3v) is 8.11. The standard InChI is InChI=1S/C29H30F3N5O/c1-19-15-25(37(28(31)32)24-8-3-2-7-23(19)24)20-9-11-34(12-10-20)29(38)35-13-14-36-26(17-33-27(36)18-35)21-5-4-6-22(30)16-21/h2-8,15-17,20,25,28H,9-14,18H2,1H3. The number of aromatic nitrogens is 2. The number of rotatable bonds is 3. The molecule has 0 aliphatic carbocycles. The first kappa shape index (κ1) is 24.6. The van der Waals surface area contributed by atoms with E-state index in [9.17, 15) is 18.0 Å². The zero-order valence-corrected chi connectivity index (χ0v) is 21.2. The highest BCUT2D eigenvalue weighted by molar-refractivity contribution is 5.80. The largest absolute Gasteiger partial charge is 0.325 e. The van der Waals surface area contributed by atoms with Gasteiger partial charge in [-0.1, -0.05) is 36.4 Å². The predicted octanol–water partition coefficient (Wildman–Crippen LogP) is 5.85. The summed E-state index contributed by atoms with van der Waals surface area (Å²) in [5.74, 6) is 0.507. The predicted molar refractivity (Wildman–Crippen MR) is 140 cm³/mol. The van der Waals surface area contributed by atoms with Gasteiger partial charge in [0.2, 0.25) is 0 Å². The van der Waals surface area contributed by atoms with Crippen molar-refractivity contribution in [2.45, 2.75) is 45.4 Å². The Bertz CT molecular complexity index is 1380. The molecule has 1 saturated heterocycles. The van der Waals surface area contributed by atoms with E-state index in [4.69, 9.17) is 0 Å². The van der Waals surface area contributed by atoms with Gasteiger partial charge in [-0.25, -0.2) is 14.2 Å². The van der Waals surface area contributed by atoms with Crippen LogP contribution < -0.4 is 4.90 Å². The van der Waals surface area contributed by atoms with Gasteiger partial charge in [-0.05, 0) is 49.5 Å². The molecule has 0 saturated carbocycles.